The monoisotopic (exact) mass is 178 g/mol. The Bertz CT molecular complexity index is 282. The first-order chi connectivity index (χ1) is 6.36. The fraction of sp³-hybridized carbons (Fsp3) is 0.500. The van der Waals surface area contributed by atoms with Crippen molar-refractivity contribution >= 4 is 0 Å². The van der Waals surface area contributed by atoms with Crippen molar-refractivity contribution in [3.05, 3.63) is 24.0 Å². The number of hydrogen-bond donors (Lipinski definition) is 2. The van der Waals surface area contributed by atoms with E-state index in [0.717, 1.165) is 25.9 Å². The molecule has 0 unspecified atom stereocenters. The summed E-state index contributed by atoms with van der Waals surface area (Å²) in [5.74, 6) is 0.844. The Morgan fingerprint density at radius 1 is 1.31 bits per heavy atom. The summed E-state index contributed by atoms with van der Waals surface area (Å²) in [7, 11) is 0. The van der Waals surface area contributed by atoms with Gasteiger partial charge in [-0.2, -0.15) is 0 Å². The quantitative estimate of drug-likeness (QED) is 0.680. The normalized spacial score (nSPS) is 18.8. The van der Waals surface area contributed by atoms with Gasteiger partial charge in [-0.1, -0.05) is 0 Å². The van der Waals surface area contributed by atoms with E-state index in [1.165, 1.54) is 11.8 Å². The average Bonchev–Trinajstić information content (AvgIpc) is 2.19. The molecule has 0 bridgehead atoms. The SMILES string of the molecule is Oc1cncc(C2CCNCC2)c1. The van der Waals surface area contributed by atoms with Crippen LogP contribution in [0.5, 0.6) is 5.75 Å². The van der Waals surface area contributed by atoms with Gasteiger partial charge < -0.3 is 10.4 Å². The molecule has 3 heteroatoms. The molecule has 1 aromatic rings. The van der Waals surface area contributed by atoms with E-state index in [0.29, 0.717) is 5.92 Å². The summed E-state index contributed by atoms with van der Waals surface area (Å²) in [6, 6.07) is 1.82. The molecule has 13 heavy (non-hydrogen) atoms. The third-order valence-corrected chi connectivity index (χ3v) is 2.56. The van der Waals surface area contributed by atoms with Crippen LogP contribution in [0, 0.1) is 0 Å². The second-order valence-corrected chi connectivity index (χ2v) is 3.50. The van der Waals surface area contributed by atoms with Crippen LogP contribution in [0.25, 0.3) is 0 Å². The van der Waals surface area contributed by atoms with Crippen molar-refractivity contribution in [3.63, 3.8) is 0 Å². The predicted octanol–water partition coefficient (Wildman–Crippen LogP) is 1.25. The van der Waals surface area contributed by atoms with E-state index in [-0.39, 0.29) is 5.75 Å². The van der Waals surface area contributed by atoms with Gasteiger partial charge in [-0.25, -0.2) is 0 Å². The molecule has 2 heterocycles. The smallest absolute Gasteiger partial charge is 0.134 e. The highest BCUT2D eigenvalue weighted by Gasteiger charge is 2.15. The van der Waals surface area contributed by atoms with Crippen LogP contribution in [0.1, 0.15) is 24.3 Å². The lowest BCUT2D eigenvalue weighted by atomic mass is 9.91. The highest BCUT2D eigenvalue weighted by Crippen LogP contribution is 2.26. The molecule has 0 radical (unpaired) electrons. The van der Waals surface area contributed by atoms with Gasteiger partial charge in [-0.15, -0.1) is 0 Å². The van der Waals surface area contributed by atoms with Gasteiger partial charge in [0.15, 0.2) is 0 Å². The van der Waals surface area contributed by atoms with Crippen LogP contribution in [-0.4, -0.2) is 23.2 Å². The number of hydrogen-bond acceptors (Lipinski definition) is 3. The van der Waals surface area contributed by atoms with Crippen LogP contribution in [0.4, 0.5) is 0 Å². The molecule has 0 aliphatic carbocycles. The molecule has 0 amide bonds. The molecule has 70 valence electrons. The molecule has 1 fully saturated rings. The van der Waals surface area contributed by atoms with Gasteiger partial charge in [0.1, 0.15) is 5.75 Å². The predicted molar refractivity (Wildman–Crippen MR) is 50.7 cm³/mol. The fourth-order valence-electron chi connectivity index (χ4n) is 1.82. The molecule has 0 aromatic carbocycles. The molecule has 1 aliphatic rings. The maximum atomic E-state index is 9.27. The summed E-state index contributed by atoms with van der Waals surface area (Å²) in [6.07, 6.45) is 5.62. The largest absolute Gasteiger partial charge is 0.506 e. The first-order valence-electron chi connectivity index (χ1n) is 4.71. The number of piperidine rings is 1. The molecule has 0 spiro atoms. The van der Waals surface area contributed by atoms with E-state index in [1.54, 1.807) is 0 Å². The standard InChI is InChI=1S/C10H14N2O/c13-10-5-9(6-12-7-10)8-1-3-11-4-2-8/h5-8,11,13H,1-4H2. The molecule has 1 aliphatic heterocycles. The second kappa shape index (κ2) is 3.75. The Morgan fingerprint density at radius 3 is 2.77 bits per heavy atom. The van der Waals surface area contributed by atoms with Crippen LogP contribution in [0.15, 0.2) is 18.5 Å². The Kier molecular flexibility index (Phi) is 2.45. The topological polar surface area (TPSA) is 45.2 Å². The third kappa shape index (κ3) is 1.98. The van der Waals surface area contributed by atoms with Crippen LogP contribution >= 0.6 is 0 Å². The molecule has 2 N–H and O–H groups in total. The molecule has 0 atom stereocenters. The highest BCUT2D eigenvalue weighted by atomic mass is 16.3. The minimum atomic E-state index is 0.274. The number of rotatable bonds is 1. The highest BCUT2D eigenvalue weighted by molar-refractivity contribution is 5.25. The molecule has 0 saturated carbocycles. The van der Waals surface area contributed by atoms with Gasteiger partial charge in [0.2, 0.25) is 0 Å². The van der Waals surface area contributed by atoms with Crippen molar-refractivity contribution in [1.29, 1.82) is 0 Å². The lowest BCUT2D eigenvalue weighted by molar-refractivity contribution is 0.449. The van der Waals surface area contributed by atoms with Crippen molar-refractivity contribution in [2.45, 2.75) is 18.8 Å². The number of nitrogens with zero attached hydrogens (tertiary/aromatic N) is 1. The van der Waals surface area contributed by atoms with E-state index in [4.69, 9.17) is 0 Å². The zero-order valence-electron chi connectivity index (χ0n) is 7.53. The third-order valence-electron chi connectivity index (χ3n) is 2.56. The van der Waals surface area contributed by atoms with Gasteiger partial charge in [0.05, 0.1) is 6.20 Å². The minimum absolute atomic E-state index is 0.274. The van der Waals surface area contributed by atoms with Gasteiger partial charge in [-0.05, 0) is 43.5 Å². The molecule has 1 aromatic heterocycles. The Labute approximate surface area is 77.8 Å². The summed E-state index contributed by atoms with van der Waals surface area (Å²) in [6.45, 7) is 2.14. The maximum Gasteiger partial charge on any atom is 0.134 e. The minimum Gasteiger partial charge on any atom is -0.506 e. The van der Waals surface area contributed by atoms with Crippen molar-refractivity contribution < 1.29 is 5.11 Å². The van der Waals surface area contributed by atoms with Gasteiger partial charge in [-0.3, -0.25) is 4.98 Å². The van der Waals surface area contributed by atoms with Gasteiger partial charge in [0.25, 0.3) is 0 Å². The van der Waals surface area contributed by atoms with Crippen LogP contribution in [0.2, 0.25) is 0 Å². The summed E-state index contributed by atoms with van der Waals surface area (Å²) < 4.78 is 0. The summed E-state index contributed by atoms with van der Waals surface area (Å²) in [5.41, 5.74) is 1.17. The van der Waals surface area contributed by atoms with Crippen LogP contribution in [-0.2, 0) is 0 Å². The average molecular weight is 178 g/mol. The molecular weight excluding hydrogens is 164 g/mol. The van der Waals surface area contributed by atoms with E-state index in [2.05, 4.69) is 10.3 Å². The number of aromatic hydroxyl groups is 1. The lowest BCUT2D eigenvalue weighted by Crippen LogP contribution is -2.26. The lowest BCUT2D eigenvalue weighted by Gasteiger charge is -2.22. The maximum absolute atomic E-state index is 9.27. The molecule has 2 rings (SSSR count). The fourth-order valence-corrected chi connectivity index (χ4v) is 1.82. The van der Waals surface area contributed by atoms with Crippen molar-refractivity contribution in [1.82, 2.24) is 10.3 Å². The van der Waals surface area contributed by atoms with Gasteiger partial charge >= 0.3 is 0 Å². The van der Waals surface area contributed by atoms with E-state index in [1.807, 2.05) is 12.3 Å². The number of nitrogens with one attached hydrogen (secondary N) is 1. The number of aromatic nitrogens is 1. The Balaban J connectivity index is 2.14. The Morgan fingerprint density at radius 2 is 2.08 bits per heavy atom. The first kappa shape index (κ1) is 8.51. The molecule has 3 nitrogen and oxygen atoms in total. The Hall–Kier alpha value is -1.09. The summed E-state index contributed by atoms with van der Waals surface area (Å²) >= 11 is 0. The van der Waals surface area contributed by atoms with E-state index in [9.17, 15) is 5.11 Å². The zero-order valence-corrected chi connectivity index (χ0v) is 7.53. The van der Waals surface area contributed by atoms with Crippen molar-refractivity contribution in [3.8, 4) is 5.75 Å². The second-order valence-electron chi connectivity index (χ2n) is 3.50. The van der Waals surface area contributed by atoms with Gasteiger partial charge in [0, 0.05) is 6.20 Å². The van der Waals surface area contributed by atoms with Crippen LogP contribution in [0.3, 0.4) is 0 Å². The van der Waals surface area contributed by atoms with E-state index < -0.39 is 0 Å². The zero-order chi connectivity index (χ0) is 9.10. The first-order valence-corrected chi connectivity index (χ1v) is 4.71. The van der Waals surface area contributed by atoms with Crippen molar-refractivity contribution in [2.24, 2.45) is 0 Å². The van der Waals surface area contributed by atoms with Crippen molar-refractivity contribution in [2.75, 3.05) is 13.1 Å². The van der Waals surface area contributed by atoms with Crippen LogP contribution < -0.4 is 5.32 Å². The molecular formula is C10H14N2O. The molecule has 1 saturated heterocycles. The summed E-state index contributed by atoms with van der Waals surface area (Å²) in [5, 5.41) is 12.6. The number of pyridine rings is 1. The van der Waals surface area contributed by atoms with E-state index >= 15 is 0 Å². The summed E-state index contributed by atoms with van der Waals surface area (Å²) in [4.78, 5) is 3.99.